The second-order valence-electron chi connectivity index (χ2n) is 9.35. The van der Waals surface area contributed by atoms with Crippen LogP contribution < -0.4 is 0 Å². The van der Waals surface area contributed by atoms with Crippen molar-refractivity contribution in [3.63, 3.8) is 0 Å². The van der Waals surface area contributed by atoms with Crippen LogP contribution >= 0.6 is 0 Å². The van der Waals surface area contributed by atoms with Crippen LogP contribution in [0.25, 0.3) is 16.6 Å². The Kier molecular flexibility index (Phi) is 6.39. The molecule has 0 unspecified atom stereocenters. The van der Waals surface area contributed by atoms with Gasteiger partial charge in [-0.15, -0.1) is 5.10 Å². The first-order chi connectivity index (χ1) is 17.2. The number of hydrogen-bond acceptors (Lipinski definition) is 6. The summed E-state index contributed by atoms with van der Waals surface area (Å²) < 4.78 is 43.5. The highest BCUT2D eigenvalue weighted by molar-refractivity contribution is 7.89. The van der Waals surface area contributed by atoms with Crippen LogP contribution in [-0.4, -0.2) is 68.1 Å². The molecule has 1 fully saturated rings. The molecule has 190 valence electrons. The first-order valence-corrected chi connectivity index (χ1v) is 13.5. The van der Waals surface area contributed by atoms with Gasteiger partial charge < -0.3 is 0 Å². The summed E-state index contributed by atoms with van der Waals surface area (Å²) in [7, 11) is -2.16. The fourth-order valence-corrected chi connectivity index (χ4v) is 6.28. The average Bonchev–Trinajstić information content (AvgIpc) is 3.49. The van der Waals surface area contributed by atoms with Crippen molar-refractivity contribution in [1.29, 1.82) is 0 Å². The Bertz CT molecular complexity index is 1500. The Hall–Kier alpha value is -3.15. The molecule has 2 atom stereocenters. The highest BCUT2D eigenvalue weighted by Crippen LogP contribution is 2.35. The van der Waals surface area contributed by atoms with E-state index in [0.29, 0.717) is 19.6 Å². The topological polar surface area (TPSA) is 89.2 Å². The molecule has 11 heteroatoms. The van der Waals surface area contributed by atoms with Gasteiger partial charge in [-0.25, -0.2) is 17.5 Å². The standard InChI is InChI=1S/C25H30FN7O2S/c1-5-18(3)32-11-10-31(36(34,35)25-15-27-30(4)29-25)16-24(32)22-13-19-14-28-33(23(19)12-17(22)2)21-8-6-20(26)7-9-21/h6-9,12-15,18,24H,5,10-11,16H2,1-4H3/t18-,24-/m1/s1. The number of benzene rings is 2. The molecule has 4 aromatic rings. The third-order valence-corrected chi connectivity index (χ3v) is 8.84. The molecule has 2 aromatic heterocycles. The Labute approximate surface area is 210 Å². The zero-order valence-electron chi connectivity index (χ0n) is 20.8. The maximum absolute atomic E-state index is 13.4. The molecule has 1 aliphatic rings. The van der Waals surface area contributed by atoms with E-state index in [2.05, 4.69) is 46.2 Å². The molecule has 9 nitrogen and oxygen atoms in total. The van der Waals surface area contributed by atoms with E-state index in [-0.39, 0.29) is 22.9 Å². The molecule has 0 bridgehead atoms. The van der Waals surface area contributed by atoms with Crippen LogP contribution in [0.2, 0.25) is 0 Å². The molecule has 0 saturated carbocycles. The Balaban J connectivity index is 1.54. The normalized spacial score (nSPS) is 18.6. The Morgan fingerprint density at radius 3 is 2.53 bits per heavy atom. The van der Waals surface area contributed by atoms with Crippen LogP contribution in [0.1, 0.15) is 37.4 Å². The molecule has 5 rings (SSSR count). The van der Waals surface area contributed by atoms with E-state index in [1.807, 2.05) is 6.92 Å². The van der Waals surface area contributed by atoms with Crippen molar-refractivity contribution in [1.82, 2.24) is 34.0 Å². The van der Waals surface area contributed by atoms with Gasteiger partial charge in [0.05, 0.1) is 23.6 Å². The van der Waals surface area contributed by atoms with Crippen LogP contribution in [-0.2, 0) is 17.1 Å². The third-order valence-electron chi connectivity index (χ3n) is 7.11. The number of halogens is 1. The summed E-state index contributed by atoms with van der Waals surface area (Å²) in [6.45, 7) is 7.70. The van der Waals surface area contributed by atoms with Gasteiger partial charge in [-0.05, 0) is 67.8 Å². The zero-order valence-corrected chi connectivity index (χ0v) is 21.7. The highest BCUT2D eigenvalue weighted by atomic mass is 32.2. The molecule has 0 aliphatic carbocycles. The van der Waals surface area contributed by atoms with Crippen molar-refractivity contribution in [2.45, 2.75) is 44.3 Å². The SMILES string of the molecule is CC[C@@H](C)N1CCN(S(=O)(=O)c2cnn(C)n2)C[C@@H]1c1cc2cnn(-c3ccc(F)cc3)c2cc1C. The fraction of sp³-hybridized carbons (Fsp3) is 0.400. The summed E-state index contributed by atoms with van der Waals surface area (Å²) in [4.78, 5) is 3.65. The summed E-state index contributed by atoms with van der Waals surface area (Å²) in [6.07, 6.45) is 4.05. The van der Waals surface area contributed by atoms with E-state index in [1.54, 1.807) is 30.1 Å². The lowest BCUT2D eigenvalue weighted by Crippen LogP contribution is -2.53. The van der Waals surface area contributed by atoms with Crippen molar-refractivity contribution in [2.75, 3.05) is 19.6 Å². The van der Waals surface area contributed by atoms with Crippen LogP contribution in [0.3, 0.4) is 0 Å². The number of aromatic nitrogens is 5. The van der Waals surface area contributed by atoms with Gasteiger partial charge in [0, 0.05) is 44.2 Å². The molecule has 1 saturated heterocycles. The van der Waals surface area contributed by atoms with Crippen LogP contribution in [0.15, 0.2) is 53.8 Å². The summed E-state index contributed by atoms with van der Waals surface area (Å²) in [6, 6.07) is 10.6. The van der Waals surface area contributed by atoms with Crippen LogP contribution in [0.5, 0.6) is 0 Å². The van der Waals surface area contributed by atoms with E-state index >= 15 is 0 Å². The van der Waals surface area contributed by atoms with Crippen LogP contribution in [0.4, 0.5) is 4.39 Å². The first kappa shape index (κ1) is 24.5. The predicted octanol–water partition coefficient (Wildman–Crippen LogP) is 3.45. The van der Waals surface area contributed by atoms with E-state index in [1.165, 1.54) is 27.4 Å². The second-order valence-corrected chi connectivity index (χ2v) is 11.2. The molecule has 2 aromatic carbocycles. The van der Waals surface area contributed by atoms with Gasteiger partial charge >= 0.3 is 0 Å². The summed E-state index contributed by atoms with van der Waals surface area (Å²) in [5.41, 5.74) is 3.81. The highest BCUT2D eigenvalue weighted by Gasteiger charge is 2.38. The number of piperazine rings is 1. The van der Waals surface area contributed by atoms with Gasteiger partial charge in [0.25, 0.3) is 10.0 Å². The number of fused-ring (bicyclic) bond motifs is 1. The Morgan fingerprint density at radius 1 is 1.11 bits per heavy atom. The molecule has 0 radical (unpaired) electrons. The quantitative estimate of drug-likeness (QED) is 0.394. The lowest BCUT2D eigenvalue weighted by Gasteiger charge is -2.44. The zero-order chi connectivity index (χ0) is 25.6. The van der Waals surface area contributed by atoms with Gasteiger partial charge in [0.1, 0.15) is 5.82 Å². The minimum atomic E-state index is -3.76. The minimum Gasteiger partial charge on any atom is -0.291 e. The number of nitrogens with zero attached hydrogens (tertiary/aromatic N) is 7. The van der Waals surface area contributed by atoms with Gasteiger partial charge in [0.2, 0.25) is 5.03 Å². The lowest BCUT2D eigenvalue weighted by atomic mass is 9.95. The van der Waals surface area contributed by atoms with Gasteiger partial charge in [0.15, 0.2) is 0 Å². The third kappa shape index (κ3) is 4.31. The van der Waals surface area contributed by atoms with Crippen molar-refractivity contribution in [3.05, 3.63) is 65.7 Å². The largest absolute Gasteiger partial charge is 0.291 e. The molecule has 36 heavy (non-hydrogen) atoms. The molecule has 1 aliphatic heterocycles. The van der Waals surface area contributed by atoms with Gasteiger partial charge in [-0.1, -0.05) is 6.92 Å². The number of rotatable bonds is 6. The number of sulfonamides is 1. The Morgan fingerprint density at radius 2 is 1.86 bits per heavy atom. The monoisotopic (exact) mass is 511 g/mol. The van der Waals surface area contributed by atoms with Crippen molar-refractivity contribution < 1.29 is 12.8 Å². The molecule has 3 heterocycles. The fourth-order valence-electron chi connectivity index (χ4n) is 4.95. The average molecular weight is 512 g/mol. The van der Waals surface area contributed by atoms with Gasteiger partial charge in [-0.3, -0.25) is 4.90 Å². The molecular weight excluding hydrogens is 481 g/mol. The molecule has 0 N–H and O–H groups in total. The predicted molar refractivity (Wildman–Crippen MR) is 135 cm³/mol. The van der Waals surface area contributed by atoms with E-state index < -0.39 is 10.0 Å². The maximum atomic E-state index is 13.4. The summed E-state index contributed by atoms with van der Waals surface area (Å²) >= 11 is 0. The van der Waals surface area contributed by atoms with Crippen molar-refractivity contribution in [2.24, 2.45) is 7.05 Å². The second kappa shape index (κ2) is 9.38. The smallest absolute Gasteiger partial charge is 0.264 e. The minimum absolute atomic E-state index is 0.0338. The van der Waals surface area contributed by atoms with E-state index in [9.17, 15) is 12.8 Å². The van der Waals surface area contributed by atoms with E-state index in [0.717, 1.165) is 34.1 Å². The first-order valence-electron chi connectivity index (χ1n) is 12.1. The molecule has 0 amide bonds. The summed E-state index contributed by atoms with van der Waals surface area (Å²) in [5, 5.41) is 13.5. The van der Waals surface area contributed by atoms with E-state index in [4.69, 9.17) is 0 Å². The lowest BCUT2D eigenvalue weighted by molar-refractivity contribution is 0.0778. The molecule has 0 spiro atoms. The van der Waals surface area contributed by atoms with Crippen molar-refractivity contribution >= 4 is 20.9 Å². The summed E-state index contributed by atoms with van der Waals surface area (Å²) in [5.74, 6) is -0.294. The molecular formula is C25H30FN7O2S. The van der Waals surface area contributed by atoms with Gasteiger partial charge in [-0.2, -0.15) is 19.3 Å². The van der Waals surface area contributed by atoms with Crippen LogP contribution in [0, 0.1) is 12.7 Å². The maximum Gasteiger partial charge on any atom is 0.264 e. The van der Waals surface area contributed by atoms with Crippen molar-refractivity contribution in [3.8, 4) is 5.69 Å². The number of aryl methyl sites for hydroxylation is 2. The number of hydrogen-bond donors (Lipinski definition) is 0.